The maximum absolute atomic E-state index is 13.3. The van der Waals surface area contributed by atoms with E-state index in [0.29, 0.717) is 13.1 Å². The largest absolute Gasteiger partial charge is 0.333 e. The van der Waals surface area contributed by atoms with E-state index in [9.17, 15) is 9.18 Å². The molecule has 0 saturated heterocycles. The molecule has 3 nitrogen and oxygen atoms in total. The Kier molecular flexibility index (Phi) is 3.74. The second-order valence-corrected chi connectivity index (χ2v) is 6.80. The van der Waals surface area contributed by atoms with Gasteiger partial charge in [-0.2, -0.15) is 0 Å². The highest BCUT2D eigenvalue weighted by atomic mass is 19.1. The summed E-state index contributed by atoms with van der Waals surface area (Å²) >= 11 is 0. The number of nitrogens with two attached hydrogens (primary N) is 1. The van der Waals surface area contributed by atoms with Crippen molar-refractivity contribution in [1.82, 2.24) is 4.90 Å². The quantitative estimate of drug-likeness (QED) is 0.910. The second-order valence-electron chi connectivity index (χ2n) is 6.80. The van der Waals surface area contributed by atoms with E-state index in [4.69, 9.17) is 5.73 Å². The number of hydrogen-bond donors (Lipinski definition) is 1. The fraction of sp³-hybridized carbons (Fsp3) is 0.588. The molecule has 0 radical (unpaired) electrons. The second kappa shape index (κ2) is 5.41. The summed E-state index contributed by atoms with van der Waals surface area (Å²) in [6.45, 7) is 3.17. The number of carbonyl (C=O) groups is 1. The highest BCUT2D eigenvalue weighted by Crippen LogP contribution is 2.39. The third-order valence-electron chi connectivity index (χ3n) is 5.22. The van der Waals surface area contributed by atoms with Gasteiger partial charge in [-0.15, -0.1) is 0 Å². The first-order chi connectivity index (χ1) is 9.99. The van der Waals surface area contributed by atoms with E-state index in [1.807, 2.05) is 0 Å². The Morgan fingerprint density at radius 2 is 1.90 bits per heavy atom. The van der Waals surface area contributed by atoms with Crippen LogP contribution in [0.5, 0.6) is 0 Å². The molecule has 0 spiro atoms. The number of fused-ring (bicyclic) bond motifs is 1. The van der Waals surface area contributed by atoms with Gasteiger partial charge in [0.1, 0.15) is 5.82 Å². The van der Waals surface area contributed by atoms with E-state index < -0.39 is 6.04 Å². The van der Waals surface area contributed by atoms with E-state index in [0.717, 1.165) is 36.8 Å². The van der Waals surface area contributed by atoms with Gasteiger partial charge < -0.3 is 10.6 Å². The smallest absolute Gasteiger partial charge is 0.240 e. The van der Waals surface area contributed by atoms with Crippen LogP contribution in [0, 0.1) is 11.2 Å². The lowest BCUT2D eigenvalue weighted by atomic mass is 9.70. The molecule has 1 heterocycles. The Hall–Kier alpha value is -1.42. The number of benzene rings is 1. The van der Waals surface area contributed by atoms with Crippen LogP contribution in [0.2, 0.25) is 0 Å². The van der Waals surface area contributed by atoms with Crippen LogP contribution in [-0.4, -0.2) is 16.8 Å². The van der Waals surface area contributed by atoms with Crippen LogP contribution in [-0.2, 0) is 17.9 Å². The zero-order valence-corrected chi connectivity index (χ0v) is 12.6. The first kappa shape index (κ1) is 14.5. The Morgan fingerprint density at radius 1 is 1.24 bits per heavy atom. The van der Waals surface area contributed by atoms with Gasteiger partial charge in [0.15, 0.2) is 0 Å². The summed E-state index contributed by atoms with van der Waals surface area (Å²) in [5.74, 6) is -0.234. The molecule has 4 heteroatoms. The Labute approximate surface area is 125 Å². The number of halogens is 1. The topological polar surface area (TPSA) is 46.3 Å². The molecule has 1 aromatic rings. The molecule has 2 aliphatic rings. The zero-order valence-electron chi connectivity index (χ0n) is 12.6. The van der Waals surface area contributed by atoms with Gasteiger partial charge >= 0.3 is 0 Å². The lowest BCUT2D eigenvalue weighted by molar-refractivity contribution is -0.136. The van der Waals surface area contributed by atoms with Crippen molar-refractivity contribution in [1.29, 1.82) is 0 Å². The summed E-state index contributed by atoms with van der Waals surface area (Å²) < 4.78 is 13.3. The fourth-order valence-electron chi connectivity index (χ4n) is 3.68. The number of nitrogens with zero attached hydrogens (tertiary/aromatic N) is 1. The van der Waals surface area contributed by atoms with Crippen molar-refractivity contribution in [2.45, 2.75) is 58.2 Å². The van der Waals surface area contributed by atoms with E-state index in [1.165, 1.54) is 18.6 Å². The average molecular weight is 290 g/mol. The summed E-state index contributed by atoms with van der Waals surface area (Å²) in [4.78, 5) is 14.5. The summed E-state index contributed by atoms with van der Waals surface area (Å²) in [7, 11) is 0. The third-order valence-corrected chi connectivity index (χ3v) is 5.22. The molecule has 1 aromatic carbocycles. The van der Waals surface area contributed by atoms with Crippen LogP contribution in [0.3, 0.4) is 0 Å². The molecule has 0 bridgehead atoms. The van der Waals surface area contributed by atoms with Gasteiger partial charge in [-0.05, 0) is 41.5 Å². The molecule has 1 fully saturated rings. The van der Waals surface area contributed by atoms with Crippen molar-refractivity contribution < 1.29 is 9.18 Å². The summed E-state index contributed by atoms with van der Waals surface area (Å²) in [5, 5.41) is 0. The Bertz CT molecular complexity index is 552. The van der Waals surface area contributed by atoms with E-state index in [1.54, 1.807) is 11.0 Å². The minimum absolute atomic E-state index is 0.0102. The minimum Gasteiger partial charge on any atom is -0.333 e. The van der Waals surface area contributed by atoms with Crippen molar-refractivity contribution in [2.75, 3.05) is 0 Å². The summed E-state index contributed by atoms with van der Waals surface area (Å²) in [6.07, 6.45) is 5.60. The average Bonchev–Trinajstić information content (AvgIpc) is 2.89. The molecule has 0 aromatic heterocycles. The van der Waals surface area contributed by atoms with Crippen LogP contribution in [0.4, 0.5) is 4.39 Å². The Morgan fingerprint density at radius 3 is 2.62 bits per heavy atom. The predicted molar refractivity (Wildman–Crippen MR) is 79.8 cm³/mol. The van der Waals surface area contributed by atoms with E-state index in [-0.39, 0.29) is 17.1 Å². The molecule has 114 valence electrons. The lowest BCUT2D eigenvalue weighted by Gasteiger charge is -2.39. The molecule has 1 amide bonds. The predicted octanol–water partition coefficient (Wildman–Crippen LogP) is 2.97. The standard InChI is InChI=1S/C17H23FN2O/c1-17(7-3-2-4-8-17)15(19)16(21)20-10-12-5-6-14(18)9-13(12)11-20/h5-6,9,15H,2-4,7-8,10-11,19H2,1H3/t15-/m1/s1. The fourth-order valence-corrected chi connectivity index (χ4v) is 3.68. The zero-order chi connectivity index (χ0) is 15.0. The SMILES string of the molecule is CC1([C@H](N)C(=O)N2Cc3ccc(F)cc3C2)CCCCC1. The van der Waals surface area contributed by atoms with Crippen molar-refractivity contribution in [3.05, 3.63) is 35.1 Å². The van der Waals surface area contributed by atoms with Gasteiger partial charge in [0.2, 0.25) is 5.91 Å². The molecule has 3 rings (SSSR count). The molecule has 21 heavy (non-hydrogen) atoms. The molecule has 1 aliphatic carbocycles. The van der Waals surface area contributed by atoms with Crippen LogP contribution in [0.15, 0.2) is 18.2 Å². The van der Waals surface area contributed by atoms with Gasteiger partial charge in [0.05, 0.1) is 6.04 Å². The first-order valence-electron chi connectivity index (χ1n) is 7.81. The van der Waals surface area contributed by atoms with E-state index >= 15 is 0 Å². The number of hydrogen-bond acceptors (Lipinski definition) is 2. The molecule has 1 atom stereocenters. The first-order valence-corrected chi connectivity index (χ1v) is 7.81. The maximum atomic E-state index is 13.3. The highest BCUT2D eigenvalue weighted by molar-refractivity contribution is 5.83. The summed E-state index contributed by atoms with van der Waals surface area (Å²) in [6, 6.07) is 4.30. The van der Waals surface area contributed by atoms with Crippen LogP contribution >= 0.6 is 0 Å². The van der Waals surface area contributed by atoms with Crippen LogP contribution in [0.1, 0.15) is 50.2 Å². The van der Waals surface area contributed by atoms with Gasteiger partial charge in [0.25, 0.3) is 0 Å². The highest BCUT2D eigenvalue weighted by Gasteiger charge is 2.40. The number of carbonyl (C=O) groups excluding carboxylic acids is 1. The van der Waals surface area contributed by atoms with Crippen molar-refractivity contribution in [2.24, 2.45) is 11.1 Å². The van der Waals surface area contributed by atoms with Crippen LogP contribution in [0.25, 0.3) is 0 Å². The van der Waals surface area contributed by atoms with Gasteiger partial charge in [0, 0.05) is 13.1 Å². The van der Waals surface area contributed by atoms with Crippen LogP contribution < -0.4 is 5.73 Å². The van der Waals surface area contributed by atoms with Crippen molar-refractivity contribution >= 4 is 5.91 Å². The molecule has 2 N–H and O–H groups in total. The summed E-state index contributed by atoms with van der Waals surface area (Å²) in [5.41, 5.74) is 8.16. The number of rotatable bonds is 2. The Balaban J connectivity index is 1.72. The van der Waals surface area contributed by atoms with E-state index in [2.05, 4.69) is 6.92 Å². The monoisotopic (exact) mass is 290 g/mol. The molecular weight excluding hydrogens is 267 g/mol. The normalized spacial score (nSPS) is 22.0. The van der Waals surface area contributed by atoms with Gasteiger partial charge in [-0.25, -0.2) is 4.39 Å². The van der Waals surface area contributed by atoms with Crippen molar-refractivity contribution in [3.8, 4) is 0 Å². The molecule has 1 saturated carbocycles. The molecule has 1 aliphatic heterocycles. The molecular formula is C17H23FN2O. The third kappa shape index (κ3) is 2.69. The lowest BCUT2D eigenvalue weighted by Crippen LogP contribution is -2.51. The van der Waals surface area contributed by atoms with Gasteiger partial charge in [-0.3, -0.25) is 4.79 Å². The number of amides is 1. The van der Waals surface area contributed by atoms with Gasteiger partial charge in [-0.1, -0.05) is 32.3 Å². The van der Waals surface area contributed by atoms with Crippen molar-refractivity contribution in [3.63, 3.8) is 0 Å². The maximum Gasteiger partial charge on any atom is 0.240 e. The minimum atomic E-state index is -0.447. The molecule has 0 unspecified atom stereocenters.